The van der Waals surface area contributed by atoms with Gasteiger partial charge in [-0.3, -0.25) is 4.57 Å². The normalized spacial score (nSPS) is 10.6. The van der Waals surface area contributed by atoms with Crippen LogP contribution in [0.25, 0.3) is 0 Å². The summed E-state index contributed by atoms with van der Waals surface area (Å²) in [4.78, 5) is 16.1. The number of nitrogens with one attached hydrogen (secondary N) is 1. The molecule has 0 atom stereocenters. The summed E-state index contributed by atoms with van der Waals surface area (Å²) in [5.74, 6) is 0.832. The van der Waals surface area contributed by atoms with Gasteiger partial charge in [0.05, 0.1) is 12.2 Å². The van der Waals surface area contributed by atoms with E-state index in [1.165, 1.54) is 15.6 Å². The Kier molecular flexibility index (Phi) is 3.76. The van der Waals surface area contributed by atoms with Crippen molar-refractivity contribution >= 4 is 5.82 Å². The van der Waals surface area contributed by atoms with Gasteiger partial charge in [-0.15, -0.1) is 0 Å². The number of nitrogens with zero attached hydrogens (tertiary/aromatic N) is 4. The number of anilines is 1. The van der Waals surface area contributed by atoms with E-state index >= 15 is 0 Å². The molecule has 0 aliphatic rings. The van der Waals surface area contributed by atoms with E-state index in [-0.39, 0.29) is 5.69 Å². The third kappa shape index (κ3) is 2.77. The molecule has 2 rings (SSSR count). The first-order chi connectivity index (χ1) is 8.70. The number of pyridine rings is 1. The summed E-state index contributed by atoms with van der Waals surface area (Å²) in [7, 11) is 1.68. The van der Waals surface area contributed by atoms with Gasteiger partial charge in [0.1, 0.15) is 12.1 Å². The molecule has 0 bridgehead atoms. The summed E-state index contributed by atoms with van der Waals surface area (Å²) in [5.41, 5.74) is 0.681. The van der Waals surface area contributed by atoms with Crippen molar-refractivity contribution in [1.29, 1.82) is 0 Å². The zero-order valence-corrected chi connectivity index (χ0v) is 10.6. The molecule has 0 aliphatic carbocycles. The quantitative estimate of drug-likeness (QED) is 0.850. The van der Waals surface area contributed by atoms with Crippen molar-refractivity contribution in [2.45, 2.75) is 19.9 Å². The van der Waals surface area contributed by atoms with E-state index in [4.69, 9.17) is 0 Å². The van der Waals surface area contributed by atoms with Gasteiger partial charge < -0.3 is 5.32 Å². The van der Waals surface area contributed by atoms with Gasteiger partial charge in [-0.05, 0) is 18.6 Å². The van der Waals surface area contributed by atoms with Gasteiger partial charge in [0.15, 0.2) is 0 Å². The summed E-state index contributed by atoms with van der Waals surface area (Å²) >= 11 is 0. The first-order valence-corrected chi connectivity index (χ1v) is 5.99. The molecule has 2 aromatic rings. The number of aromatic nitrogens is 4. The van der Waals surface area contributed by atoms with E-state index < -0.39 is 0 Å². The van der Waals surface area contributed by atoms with Crippen molar-refractivity contribution in [3.05, 3.63) is 40.7 Å². The van der Waals surface area contributed by atoms with Crippen molar-refractivity contribution in [1.82, 2.24) is 19.3 Å². The molecule has 0 saturated heterocycles. The summed E-state index contributed by atoms with van der Waals surface area (Å²) in [5, 5.41) is 7.23. The zero-order chi connectivity index (χ0) is 13.0. The summed E-state index contributed by atoms with van der Waals surface area (Å²) in [6.45, 7) is 3.38. The van der Waals surface area contributed by atoms with E-state index in [9.17, 15) is 4.79 Å². The lowest BCUT2D eigenvalue weighted by Crippen LogP contribution is -2.23. The molecule has 2 heterocycles. The lowest BCUT2D eigenvalue weighted by atomic mass is 10.3. The minimum Gasteiger partial charge on any atom is -0.370 e. The molecule has 0 saturated carbocycles. The van der Waals surface area contributed by atoms with Gasteiger partial charge in [-0.1, -0.05) is 13.0 Å². The SMILES string of the molecule is CCCNc1cccc(Cn2ncn(C)c2=O)n1. The van der Waals surface area contributed by atoms with Gasteiger partial charge in [0, 0.05) is 13.6 Å². The second kappa shape index (κ2) is 5.48. The number of hydrogen-bond acceptors (Lipinski definition) is 4. The Hall–Kier alpha value is -2.11. The zero-order valence-electron chi connectivity index (χ0n) is 10.6. The molecule has 0 aromatic carbocycles. The first kappa shape index (κ1) is 12.3. The Balaban J connectivity index is 2.14. The van der Waals surface area contributed by atoms with Crippen molar-refractivity contribution in [3.63, 3.8) is 0 Å². The molecule has 96 valence electrons. The second-order valence-corrected chi connectivity index (χ2v) is 4.12. The van der Waals surface area contributed by atoms with Crippen molar-refractivity contribution < 1.29 is 0 Å². The van der Waals surface area contributed by atoms with Gasteiger partial charge in [-0.2, -0.15) is 5.10 Å². The fraction of sp³-hybridized carbons (Fsp3) is 0.417. The van der Waals surface area contributed by atoms with Crippen LogP contribution in [-0.2, 0) is 13.6 Å². The van der Waals surface area contributed by atoms with Gasteiger partial charge in [0.25, 0.3) is 0 Å². The minimum atomic E-state index is -0.135. The van der Waals surface area contributed by atoms with Crippen molar-refractivity contribution in [3.8, 4) is 0 Å². The van der Waals surface area contributed by atoms with Crippen LogP contribution in [0.1, 0.15) is 19.0 Å². The van der Waals surface area contributed by atoms with Gasteiger partial charge in [-0.25, -0.2) is 14.5 Å². The Morgan fingerprint density at radius 2 is 2.22 bits per heavy atom. The molecule has 18 heavy (non-hydrogen) atoms. The largest absolute Gasteiger partial charge is 0.370 e. The van der Waals surface area contributed by atoms with Crippen molar-refractivity contribution in [2.24, 2.45) is 7.05 Å². The molecular formula is C12H17N5O. The predicted molar refractivity (Wildman–Crippen MR) is 69.6 cm³/mol. The monoisotopic (exact) mass is 247 g/mol. The average molecular weight is 247 g/mol. The smallest absolute Gasteiger partial charge is 0.345 e. The van der Waals surface area contributed by atoms with Gasteiger partial charge >= 0.3 is 5.69 Å². The van der Waals surface area contributed by atoms with E-state index in [0.717, 1.165) is 24.5 Å². The van der Waals surface area contributed by atoms with E-state index in [0.29, 0.717) is 6.54 Å². The van der Waals surface area contributed by atoms with Crippen molar-refractivity contribution in [2.75, 3.05) is 11.9 Å². The Morgan fingerprint density at radius 1 is 1.39 bits per heavy atom. The van der Waals surface area contributed by atoms with Crippen LogP contribution in [0.5, 0.6) is 0 Å². The van der Waals surface area contributed by atoms with Crippen LogP contribution in [0.2, 0.25) is 0 Å². The molecule has 0 fully saturated rings. The molecular weight excluding hydrogens is 230 g/mol. The number of rotatable bonds is 5. The Morgan fingerprint density at radius 3 is 2.89 bits per heavy atom. The van der Waals surface area contributed by atoms with Crippen LogP contribution < -0.4 is 11.0 Å². The van der Waals surface area contributed by atoms with Crippen LogP contribution in [0, 0.1) is 0 Å². The molecule has 0 spiro atoms. The molecule has 1 N–H and O–H groups in total. The lowest BCUT2D eigenvalue weighted by molar-refractivity contribution is 0.636. The average Bonchev–Trinajstić information content (AvgIpc) is 2.69. The van der Waals surface area contributed by atoms with E-state index in [1.54, 1.807) is 7.05 Å². The molecule has 2 aromatic heterocycles. The Labute approximate surface area is 105 Å². The molecule has 6 heteroatoms. The Bertz CT molecular complexity index is 572. The maximum atomic E-state index is 11.7. The van der Waals surface area contributed by atoms with Crippen LogP contribution in [-0.4, -0.2) is 25.9 Å². The van der Waals surface area contributed by atoms with Crippen LogP contribution in [0.3, 0.4) is 0 Å². The summed E-state index contributed by atoms with van der Waals surface area (Å²) < 4.78 is 2.84. The number of aryl methyl sites for hydroxylation is 1. The molecule has 0 aliphatic heterocycles. The predicted octanol–water partition coefficient (Wildman–Crippen LogP) is 0.847. The van der Waals surface area contributed by atoms with Crippen LogP contribution in [0.15, 0.2) is 29.3 Å². The molecule has 0 amide bonds. The minimum absolute atomic E-state index is 0.135. The summed E-state index contributed by atoms with van der Waals surface area (Å²) in [6, 6.07) is 5.73. The fourth-order valence-corrected chi connectivity index (χ4v) is 1.60. The highest BCUT2D eigenvalue weighted by Gasteiger charge is 2.04. The first-order valence-electron chi connectivity index (χ1n) is 5.99. The third-order valence-corrected chi connectivity index (χ3v) is 2.56. The molecule has 0 unspecified atom stereocenters. The fourth-order valence-electron chi connectivity index (χ4n) is 1.60. The van der Waals surface area contributed by atoms with Crippen LogP contribution >= 0.6 is 0 Å². The highest BCUT2D eigenvalue weighted by molar-refractivity contribution is 5.35. The summed E-state index contributed by atoms with van der Waals surface area (Å²) in [6.07, 6.45) is 2.55. The second-order valence-electron chi connectivity index (χ2n) is 4.12. The molecule has 0 radical (unpaired) electrons. The van der Waals surface area contributed by atoms with Gasteiger partial charge in [0.2, 0.25) is 0 Å². The highest BCUT2D eigenvalue weighted by atomic mass is 16.2. The number of hydrogen-bond donors (Lipinski definition) is 1. The highest BCUT2D eigenvalue weighted by Crippen LogP contribution is 2.05. The maximum Gasteiger partial charge on any atom is 0.345 e. The maximum absolute atomic E-state index is 11.7. The third-order valence-electron chi connectivity index (χ3n) is 2.56. The van der Waals surface area contributed by atoms with Crippen LogP contribution in [0.4, 0.5) is 5.82 Å². The topological polar surface area (TPSA) is 64.7 Å². The lowest BCUT2D eigenvalue weighted by Gasteiger charge is -2.05. The van der Waals surface area contributed by atoms with E-state index in [2.05, 4.69) is 22.3 Å². The standard InChI is InChI=1S/C12H17N5O/c1-3-7-13-11-6-4-5-10(15-11)8-17-12(18)16(2)9-14-17/h4-6,9H,3,7-8H2,1-2H3,(H,13,15). The van der Waals surface area contributed by atoms with E-state index in [1.807, 2.05) is 18.2 Å². The molecule has 6 nitrogen and oxygen atoms in total.